The molecule has 0 bridgehead atoms. The molecule has 0 heterocycles. The second-order valence-electron chi connectivity index (χ2n) is 3.45. The summed E-state index contributed by atoms with van der Waals surface area (Å²) in [5, 5.41) is 8.70. The maximum absolute atomic E-state index is 12.2. The van der Waals surface area contributed by atoms with Crippen LogP contribution in [0.1, 0.15) is 17.9 Å². The van der Waals surface area contributed by atoms with Gasteiger partial charge in [-0.3, -0.25) is 4.79 Å². The van der Waals surface area contributed by atoms with Crippen LogP contribution in [0, 0.1) is 0 Å². The number of ether oxygens (including phenoxy) is 1. The summed E-state index contributed by atoms with van der Waals surface area (Å²) in [6.07, 6.45) is -0.222. The molecule has 6 heteroatoms. The van der Waals surface area contributed by atoms with Gasteiger partial charge >= 0.3 is 12.6 Å². The highest BCUT2D eigenvalue weighted by Gasteiger charge is 2.19. The first-order valence-electron chi connectivity index (χ1n) is 5.00. The van der Waals surface area contributed by atoms with E-state index in [1.807, 2.05) is 0 Å². The van der Waals surface area contributed by atoms with Crippen molar-refractivity contribution in [3.8, 4) is 5.75 Å². The first-order chi connectivity index (χ1) is 8.04. The summed E-state index contributed by atoms with van der Waals surface area (Å²) >= 11 is 0. The first-order valence-corrected chi connectivity index (χ1v) is 5.00. The minimum Gasteiger partial charge on any atom is -0.481 e. The molecular formula is C11H13F2NO3. The topological polar surface area (TPSA) is 72.6 Å². The Balaban J connectivity index is 2.96. The summed E-state index contributed by atoms with van der Waals surface area (Å²) in [5.74, 6) is -1.60. The Kier molecular flexibility index (Phi) is 4.84. The van der Waals surface area contributed by atoms with Gasteiger partial charge in [-0.15, -0.1) is 0 Å². The molecule has 17 heavy (non-hydrogen) atoms. The van der Waals surface area contributed by atoms with E-state index in [1.165, 1.54) is 18.2 Å². The summed E-state index contributed by atoms with van der Waals surface area (Å²) in [6, 6.07) is 6.07. The van der Waals surface area contributed by atoms with Crippen LogP contribution in [0.25, 0.3) is 0 Å². The van der Waals surface area contributed by atoms with Crippen molar-refractivity contribution in [3.63, 3.8) is 0 Å². The van der Waals surface area contributed by atoms with Crippen molar-refractivity contribution in [1.29, 1.82) is 0 Å². The van der Waals surface area contributed by atoms with Gasteiger partial charge in [0.15, 0.2) is 0 Å². The van der Waals surface area contributed by atoms with Gasteiger partial charge in [0.2, 0.25) is 0 Å². The van der Waals surface area contributed by atoms with Gasteiger partial charge in [-0.1, -0.05) is 18.2 Å². The van der Waals surface area contributed by atoms with Crippen molar-refractivity contribution >= 4 is 5.97 Å². The fraction of sp³-hybridized carbons (Fsp3) is 0.364. The Hall–Kier alpha value is -1.69. The number of rotatable bonds is 6. The summed E-state index contributed by atoms with van der Waals surface area (Å²) in [7, 11) is 0. The van der Waals surface area contributed by atoms with Crippen LogP contribution < -0.4 is 10.5 Å². The molecule has 3 N–H and O–H groups in total. The second-order valence-corrected chi connectivity index (χ2v) is 3.45. The molecule has 0 fully saturated rings. The quantitative estimate of drug-likeness (QED) is 0.801. The summed E-state index contributed by atoms with van der Waals surface area (Å²) in [5.41, 5.74) is 5.83. The van der Waals surface area contributed by atoms with E-state index >= 15 is 0 Å². The van der Waals surface area contributed by atoms with Crippen molar-refractivity contribution in [2.45, 2.75) is 19.0 Å². The van der Waals surface area contributed by atoms with Crippen LogP contribution in [-0.4, -0.2) is 24.2 Å². The number of nitrogens with two attached hydrogens (primary N) is 1. The van der Waals surface area contributed by atoms with Crippen LogP contribution in [0.15, 0.2) is 24.3 Å². The van der Waals surface area contributed by atoms with Crippen LogP contribution in [-0.2, 0) is 4.79 Å². The Labute approximate surface area is 97.0 Å². The molecule has 4 nitrogen and oxygen atoms in total. The molecule has 1 unspecified atom stereocenters. The third kappa shape index (κ3) is 3.99. The van der Waals surface area contributed by atoms with Crippen molar-refractivity contribution in [1.82, 2.24) is 0 Å². The number of aliphatic carboxylic acids is 1. The molecule has 0 radical (unpaired) electrons. The lowest BCUT2D eigenvalue weighted by Crippen LogP contribution is -2.17. The molecule has 0 aliphatic rings. The molecule has 1 rings (SSSR count). The summed E-state index contributed by atoms with van der Waals surface area (Å²) < 4.78 is 28.6. The molecule has 94 valence electrons. The monoisotopic (exact) mass is 245 g/mol. The number of para-hydroxylation sites is 1. The highest BCUT2D eigenvalue weighted by Crippen LogP contribution is 2.29. The maximum Gasteiger partial charge on any atom is 0.387 e. The first kappa shape index (κ1) is 13.4. The van der Waals surface area contributed by atoms with Crippen LogP contribution in [0.5, 0.6) is 5.75 Å². The molecule has 0 aliphatic carbocycles. The number of carboxylic acid groups (broad SMARTS) is 1. The van der Waals surface area contributed by atoms with Crippen molar-refractivity contribution < 1.29 is 23.4 Å². The van der Waals surface area contributed by atoms with Gasteiger partial charge in [-0.2, -0.15) is 8.78 Å². The highest BCUT2D eigenvalue weighted by molar-refractivity contribution is 5.68. The minimum absolute atomic E-state index is 0.0285. The normalized spacial score (nSPS) is 12.5. The number of carboxylic acids is 1. The van der Waals surface area contributed by atoms with Crippen LogP contribution >= 0.6 is 0 Å². The average Bonchev–Trinajstić information content (AvgIpc) is 2.26. The molecule has 0 amide bonds. The third-order valence-corrected chi connectivity index (χ3v) is 2.28. The van der Waals surface area contributed by atoms with E-state index in [2.05, 4.69) is 4.74 Å². The average molecular weight is 245 g/mol. The molecule has 1 aromatic rings. The van der Waals surface area contributed by atoms with Gasteiger partial charge < -0.3 is 15.6 Å². The van der Waals surface area contributed by atoms with E-state index in [-0.39, 0.29) is 18.7 Å². The third-order valence-electron chi connectivity index (χ3n) is 2.28. The zero-order valence-corrected chi connectivity index (χ0v) is 8.98. The standard InChI is InChI=1S/C11H13F2NO3/c12-11(13)17-9-4-2-1-3-8(9)7(6-14)5-10(15)16/h1-4,7,11H,5-6,14H2,(H,15,16). The number of hydrogen-bond acceptors (Lipinski definition) is 3. The fourth-order valence-corrected chi connectivity index (χ4v) is 1.55. The van der Waals surface area contributed by atoms with Crippen molar-refractivity contribution in [3.05, 3.63) is 29.8 Å². The zero-order valence-electron chi connectivity index (χ0n) is 8.98. The van der Waals surface area contributed by atoms with Crippen LogP contribution in [0.2, 0.25) is 0 Å². The Morgan fingerprint density at radius 3 is 2.59 bits per heavy atom. The zero-order chi connectivity index (χ0) is 12.8. The predicted octanol–water partition coefficient (Wildman–Crippen LogP) is 1.80. The second kappa shape index (κ2) is 6.15. The van der Waals surface area contributed by atoms with E-state index in [1.54, 1.807) is 6.07 Å². The molecular weight excluding hydrogens is 232 g/mol. The summed E-state index contributed by atoms with van der Waals surface area (Å²) in [6.45, 7) is -2.89. The Morgan fingerprint density at radius 1 is 1.41 bits per heavy atom. The van der Waals surface area contributed by atoms with E-state index < -0.39 is 18.5 Å². The van der Waals surface area contributed by atoms with Gasteiger partial charge in [0.05, 0.1) is 6.42 Å². The van der Waals surface area contributed by atoms with E-state index in [0.717, 1.165) is 0 Å². The minimum atomic E-state index is -2.94. The van der Waals surface area contributed by atoms with Gasteiger partial charge in [0.25, 0.3) is 0 Å². The maximum atomic E-state index is 12.2. The molecule has 1 aromatic carbocycles. The smallest absolute Gasteiger partial charge is 0.387 e. The van der Waals surface area contributed by atoms with Gasteiger partial charge in [-0.25, -0.2) is 0 Å². The molecule has 0 aliphatic heterocycles. The molecule has 0 saturated heterocycles. The molecule has 0 saturated carbocycles. The number of hydrogen-bond donors (Lipinski definition) is 2. The highest BCUT2D eigenvalue weighted by atomic mass is 19.3. The number of halogens is 2. The van der Waals surface area contributed by atoms with Gasteiger partial charge in [0, 0.05) is 5.92 Å². The van der Waals surface area contributed by atoms with Gasteiger partial charge in [0.1, 0.15) is 5.75 Å². The SMILES string of the molecule is NCC(CC(=O)O)c1ccccc1OC(F)F. The Morgan fingerprint density at radius 2 is 2.06 bits per heavy atom. The molecule has 0 aromatic heterocycles. The number of benzene rings is 1. The molecule has 1 atom stereocenters. The summed E-state index contributed by atoms with van der Waals surface area (Å²) in [4.78, 5) is 10.6. The lowest BCUT2D eigenvalue weighted by atomic mass is 9.95. The lowest BCUT2D eigenvalue weighted by molar-refractivity contribution is -0.137. The van der Waals surface area contributed by atoms with E-state index in [0.29, 0.717) is 5.56 Å². The fourth-order valence-electron chi connectivity index (χ4n) is 1.55. The van der Waals surface area contributed by atoms with Gasteiger partial charge in [-0.05, 0) is 18.2 Å². The van der Waals surface area contributed by atoms with Crippen LogP contribution in [0.3, 0.4) is 0 Å². The Bertz CT molecular complexity index is 385. The van der Waals surface area contributed by atoms with Crippen LogP contribution in [0.4, 0.5) is 8.78 Å². The van der Waals surface area contributed by atoms with E-state index in [9.17, 15) is 13.6 Å². The van der Waals surface area contributed by atoms with E-state index in [4.69, 9.17) is 10.8 Å². The van der Waals surface area contributed by atoms with Crippen molar-refractivity contribution in [2.75, 3.05) is 6.54 Å². The van der Waals surface area contributed by atoms with Crippen molar-refractivity contribution in [2.24, 2.45) is 5.73 Å². The largest absolute Gasteiger partial charge is 0.481 e. The molecule has 0 spiro atoms. The lowest BCUT2D eigenvalue weighted by Gasteiger charge is -2.17. The number of alkyl halides is 2. The predicted molar refractivity (Wildman–Crippen MR) is 57.1 cm³/mol. The number of carbonyl (C=O) groups is 1.